The SMILES string of the molecule is CC1(N=N)C(=O)CC[C@@]2(C)C1=CC[C@@H]1[C@@H]2CC[C@]2(C)C(=O)CC[C@@H]12. The minimum absolute atomic E-state index is 0.0386. The predicted molar refractivity (Wildman–Crippen MR) is 90.7 cm³/mol. The van der Waals surface area contributed by atoms with Gasteiger partial charge in [-0.1, -0.05) is 19.9 Å². The van der Waals surface area contributed by atoms with Crippen molar-refractivity contribution in [1.29, 1.82) is 5.53 Å². The summed E-state index contributed by atoms with van der Waals surface area (Å²) in [5.74, 6) is 2.13. The van der Waals surface area contributed by atoms with Crippen molar-refractivity contribution < 1.29 is 9.59 Å². The molecule has 0 spiro atoms. The highest BCUT2D eigenvalue weighted by molar-refractivity contribution is 5.93. The number of hydrogen-bond donors (Lipinski definition) is 1. The second-order valence-corrected chi connectivity index (χ2v) is 9.17. The highest BCUT2D eigenvalue weighted by atomic mass is 16.1. The number of Topliss-reactive ketones (excluding diaryl/α,β-unsaturated/α-hetero) is 2. The molecule has 0 aromatic rings. The monoisotopic (exact) mass is 328 g/mol. The maximum Gasteiger partial charge on any atom is 0.166 e. The van der Waals surface area contributed by atoms with Gasteiger partial charge in [0.05, 0.1) is 0 Å². The van der Waals surface area contributed by atoms with Crippen LogP contribution in [0.1, 0.15) is 65.7 Å². The fraction of sp³-hybridized carbons (Fsp3) is 0.800. The first kappa shape index (κ1) is 16.2. The quantitative estimate of drug-likeness (QED) is 0.569. The Morgan fingerprint density at radius 3 is 2.42 bits per heavy atom. The van der Waals surface area contributed by atoms with Crippen molar-refractivity contribution in [2.75, 3.05) is 0 Å². The lowest BCUT2D eigenvalue weighted by atomic mass is 9.46. The van der Waals surface area contributed by atoms with Gasteiger partial charge < -0.3 is 0 Å². The largest absolute Gasteiger partial charge is 0.299 e. The number of carbonyl (C=O) groups excluding carboxylic acids is 2. The highest BCUT2D eigenvalue weighted by Gasteiger charge is 2.61. The van der Waals surface area contributed by atoms with Crippen LogP contribution in [0, 0.1) is 34.1 Å². The number of carbonyl (C=O) groups is 2. The molecule has 0 amide bonds. The maximum absolute atomic E-state index is 12.5. The first-order chi connectivity index (χ1) is 11.3. The fourth-order valence-electron chi connectivity index (χ4n) is 6.83. The van der Waals surface area contributed by atoms with Gasteiger partial charge in [0.25, 0.3) is 0 Å². The summed E-state index contributed by atoms with van der Waals surface area (Å²) >= 11 is 0. The van der Waals surface area contributed by atoms with E-state index in [-0.39, 0.29) is 16.6 Å². The molecule has 3 fully saturated rings. The Bertz CT molecular complexity index is 669. The number of rotatable bonds is 1. The molecule has 4 rings (SSSR count). The van der Waals surface area contributed by atoms with Crippen LogP contribution < -0.4 is 0 Å². The van der Waals surface area contributed by atoms with E-state index in [1.807, 2.05) is 6.92 Å². The van der Waals surface area contributed by atoms with Crippen molar-refractivity contribution in [3.8, 4) is 0 Å². The standard InChI is InChI=1S/C20H28N2O2/c1-18-11-9-17(24)20(3,22-21)15(18)6-4-12-13-5-7-16(23)19(13,2)10-8-14(12)18/h6,12-14,21H,4-5,7-11H2,1-3H3/t12-,13-,14-,18+,19-,20?/m0/s1. The summed E-state index contributed by atoms with van der Waals surface area (Å²) in [4.78, 5) is 24.9. The molecule has 0 aromatic carbocycles. The van der Waals surface area contributed by atoms with Crippen molar-refractivity contribution in [3.05, 3.63) is 11.6 Å². The number of fused-ring (bicyclic) bond motifs is 5. The number of hydrogen-bond acceptors (Lipinski definition) is 4. The summed E-state index contributed by atoms with van der Waals surface area (Å²) in [5, 5.41) is 3.80. The summed E-state index contributed by atoms with van der Waals surface area (Å²) in [6, 6.07) is 0. The second-order valence-electron chi connectivity index (χ2n) is 9.17. The Morgan fingerprint density at radius 2 is 1.71 bits per heavy atom. The van der Waals surface area contributed by atoms with Crippen molar-refractivity contribution in [2.24, 2.45) is 33.7 Å². The van der Waals surface area contributed by atoms with E-state index in [0.717, 1.165) is 44.1 Å². The summed E-state index contributed by atoms with van der Waals surface area (Å²) in [6.07, 6.45) is 8.41. The Hall–Kier alpha value is -1.32. The average molecular weight is 328 g/mol. The molecule has 4 aliphatic rings. The molecule has 24 heavy (non-hydrogen) atoms. The van der Waals surface area contributed by atoms with Crippen LogP contribution >= 0.6 is 0 Å². The predicted octanol–water partition coefficient (Wildman–Crippen LogP) is 4.49. The van der Waals surface area contributed by atoms with Gasteiger partial charge in [0.15, 0.2) is 11.3 Å². The molecule has 4 aliphatic carbocycles. The molecule has 0 saturated heterocycles. The molecular weight excluding hydrogens is 300 g/mol. The van der Waals surface area contributed by atoms with Crippen LogP contribution in [0.3, 0.4) is 0 Å². The van der Waals surface area contributed by atoms with Gasteiger partial charge in [-0.2, -0.15) is 5.11 Å². The third-order valence-electron chi connectivity index (χ3n) is 8.34. The van der Waals surface area contributed by atoms with Crippen LogP contribution in [0.4, 0.5) is 0 Å². The van der Waals surface area contributed by atoms with Gasteiger partial charge in [-0.3, -0.25) is 9.59 Å². The number of nitrogens with one attached hydrogen (secondary N) is 1. The zero-order valence-electron chi connectivity index (χ0n) is 15.0. The molecule has 3 saturated carbocycles. The van der Waals surface area contributed by atoms with E-state index in [4.69, 9.17) is 5.53 Å². The number of nitrogens with zero attached hydrogens (tertiary/aromatic N) is 1. The van der Waals surface area contributed by atoms with Crippen LogP contribution in [0.25, 0.3) is 0 Å². The molecule has 0 heterocycles. The van der Waals surface area contributed by atoms with Crippen LogP contribution in [-0.4, -0.2) is 17.1 Å². The van der Waals surface area contributed by atoms with Crippen molar-refractivity contribution in [1.82, 2.24) is 0 Å². The molecule has 0 aliphatic heterocycles. The van der Waals surface area contributed by atoms with Gasteiger partial charge in [-0.05, 0) is 67.8 Å². The molecule has 0 radical (unpaired) electrons. The van der Waals surface area contributed by atoms with Gasteiger partial charge in [-0.15, -0.1) is 0 Å². The van der Waals surface area contributed by atoms with Gasteiger partial charge in [0, 0.05) is 18.3 Å². The molecule has 4 nitrogen and oxygen atoms in total. The molecule has 6 atom stereocenters. The lowest BCUT2D eigenvalue weighted by Gasteiger charge is -2.58. The molecule has 1 unspecified atom stereocenters. The number of allylic oxidation sites excluding steroid dienone is 1. The van der Waals surface area contributed by atoms with Gasteiger partial charge in [0.2, 0.25) is 0 Å². The number of ketones is 2. The van der Waals surface area contributed by atoms with Crippen LogP contribution in [-0.2, 0) is 9.59 Å². The maximum atomic E-state index is 12.5. The van der Waals surface area contributed by atoms with Crippen molar-refractivity contribution >= 4 is 11.6 Å². The van der Waals surface area contributed by atoms with Crippen molar-refractivity contribution in [3.63, 3.8) is 0 Å². The van der Waals surface area contributed by atoms with E-state index >= 15 is 0 Å². The van der Waals surface area contributed by atoms with Crippen molar-refractivity contribution in [2.45, 2.75) is 71.3 Å². The molecule has 0 bridgehead atoms. The summed E-state index contributed by atoms with van der Waals surface area (Å²) in [5.41, 5.74) is 7.65. The van der Waals surface area contributed by atoms with Crippen LogP contribution in [0.2, 0.25) is 0 Å². The topological polar surface area (TPSA) is 70.3 Å². The smallest absolute Gasteiger partial charge is 0.166 e. The van der Waals surface area contributed by atoms with Gasteiger partial charge in [0.1, 0.15) is 5.78 Å². The molecule has 4 heteroatoms. The Kier molecular flexibility index (Phi) is 3.27. The van der Waals surface area contributed by atoms with E-state index in [2.05, 4.69) is 25.0 Å². The summed E-state index contributed by atoms with van der Waals surface area (Å²) in [7, 11) is 0. The van der Waals surface area contributed by atoms with Gasteiger partial charge >= 0.3 is 0 Å². The first-order valence-electron chi connectivity index (χ1n) is 9.44. The Labute approximate surface area is 144 Å². The molecule has 0 aromatic heterocycles. The lowest BCUT2D eigenvalue weighted by molar-refractivity contribution is -0.133. The summed E-state index contributed by atoms with van der Waals surface area (Å²) in [6.45, 7) is 6.32. The minimum Gasteiger partial charge on any atom is -0.299 e. The Morgan fingerprint density at radius 1 is 1.00 bits per heavy atom. The zero-order chi connectivity index (χ0) is 17.3. The fourth-order valence-corrected chi connectivity index (χ4v) is 6.83. The lowest BCUT2D eigenvalue weighted by Crippen LogP contribution is -2.55. The van der Waals surface area contributed by atoms with Gasteiger partial charge in [-0.25, -0.2) is 5.53 Å². The third kappa shape index (κ3) is 1.75. The molecule has 130 valence electrons. The van der Waals surface area contributed by atoms with E-state index in [0.29, 0.717) is 30.0 Å². The molecular formula is C20H28N2O2. The molecule has 1 N–H and O–H groups in total. The average Bonchev–Trinajstić information content (AvgIpc) is 2.87. The highest BCUT2D eigenvalue weighted by Crippen LogP contribution is 2.65. The second kappa shape index (κ2) is 4.86. The Balaban J connectivity index is 1.77. The van der Waals surface area contributed by atoms with Crippen LogP contribution in [0.15, 0.2) is 16.8 Å². The minimum atomic E-state index is -0.954. The van der Waals surface area contributed by atoms with E-state index in [1.54, 1.807) is 0 Å². The van der Waals surface area contributed by atoms with E-state index in [9.17, 15) is 9.59 Å². The van der Waals surface area contributed by atoms with Crippen LogP contribution in [0.5, 0.6) is 0 Å². The first-order valence-corrected chi connectivity index (χ1v) is 9.44. The third-order valence-corrected chi connectivity index (χ3v) is 8.34. The van der Waals surface area contributed by atoms with E-state index < -0.39 is 5.54 Å². The normalized spacial score (nSPS) is 50.6. The van der Waals surface area contributed by atoms with E-state index in [1.165, 1.54) is 0 Å². The zero-order valence-corrected chi connectivity index (χ0v) is 15.0. The summed E-state index contributed by atoms with van der Waals surface area (Å²) < 4.78 is 0.